The van der Waals surface area contributed by atoms with Crippen molar-refractivity contribution in [3.05, 3.63) is 33.9 Å². The monoisotopic (exact) mass is 374 g/mol. The van der Waals surface area contributed by atoms with Crippen molar-refractivity contribution < 1.29 is 23.8 Å². The molecule has 2 aromatic rings. The standard InChI is InChI=1S/C19H19FN2O5/c20-14-7-12-15(22(10-1-2-10)8-13(17(12)23)19(24)25)18-16(14)21-4-6-26-9-11(21)3-5-27-18/h7-8,10-11H,1-6,9H2,(H,24,25). The highest BCUT2D eigenvalue weighted by molar-refractivity contribution is 5.97. The maximum Gasteiger partial charge on any atom is 0.341 e. The number of fused-ring (bicyclic) bond motifs is 5. The van der Waals surface area contributed by atoms with E-state index in [1.807, 2.05) is 4.90 Å². The third-order valence-corrected chi connectivity index (χ3v) is 5.58. The van der Waals surface area contributed by atoms with Gasteiger partial charge in [0.1, 0.15) is 11.3 Å². The molecule has 1 saturated carbocycles. The molecular weight excluding hydrogens is 355 g/mol. The molecule has 1 aromatic carbocycles. The van der Waals surface area contributed by atoms with E-state index >= 15 is 4.39 Å². The number of benzene rings is 1. The lowest BCUT2D eigenvalue weighted by Crippen LogP contribution is -2.45. The van der Waals surface area contributed by atoms with Gasteiger partial charge in [0.2, 0.25) is 5.43 Å². The molecule has 0 spiro atoms. The minimum atomic E-state index is -1.30. The summed E-state index contributed by atoms with van der Waals surface area (Å²) in [5.41, 5.74) is -0.171. The Morgan fingerprint density at radius 3 is 2.78 bits per heavy atom. The first-order valence-electron chi connectivity index (χ1n) is 9.18. The molecule has 7 nitrogen and oxygen atoms in total. The van der Waals surface area contributed by atoms with E-state index in [-0.39, 0.29) is 23.0 Å². The smallest absolute Gasteiger partial charge is 0.341 e. The first-order valence-corrected chi connectivity index (χ1v) is 9.18. The third kappa shape index (κ3) is 2.50. The number of aromatic nitrogens is 1. The molecule has 0 bridgehead atoms. The van der Waals surface area contributed by atoms with Crippen molar-refractivity contribution in [2.24, 2.45) is 0 Å². The Kier molecular flexibility index (Phi) is 3.65. The molecule has 5 rings (SSSR count). The number of anilines is 1. The zero-order valence-electron chi connectivity index (χ0n) is 14.6. The molecule has 3 heterocycles. The molecule has 27 heavy (non-hydrogen) atoms. The summed E-state index contributed by atoms with van der Waals surface area (Å²) in [7, 11) is 0. The Bertz CT molecular complexity index is 1010. The van der Waals surface area contributed by atoms with Gasteiger partial charge < -0.3 is 24.0 Å². The van der Waals surface area contributed by atoms with Crippen LogP contribution in [0.3, 0.4) is 0 Å². The van der Waals surface area contributed by atoms with Gasteiger partial charge in [-0.25, -0.2) is 9.18 Å². The molecule has 2 aliphatic heterocycles. The van der Waals surface area contributed by atoms with Gasteiger partial charge in [0.05, 0.1) is 36.8 Å². The predicted molar refractivity (Wildman–Crippen MR) is 95.5 cm³/mol. The van der Waals surface area contributed by atoms with Crippen LogP contribution in [0.5, 0.6) is 5.75 Å². The summed E-state index contributed by atoms with van der Waals surface area (Å²) < 4.78 is 28.4. The number of aromatic carboxylic acids is 1. The highest BCUT2D eigenvalue weighted by Gasteiger charge is 2.35. The predicted octanol–water partition coefficient (Wildman–Crippen LogP) is 2.16. The van der Waals surface area contributed by atoms with Gasteiger partial charge in [0.25, 0.3) is 0 Å². The van der Waals surface area contributed by atoms with Crippen molar-refractivity contribution in [2.45, 2.75) is 31.3 Å². The summed E-state index contributed by atoms with van der Waals surface area (Å²) >= 11 is 0. The zero-order valence-corrected chi connectivity index (χ0v) is 14.6. The quantitative estimate of drug-likeness (QED) is 0.868. The number of carboxylic acids is 1. The number of ether oxygens (including phenoxy) is 2. The maximum absolute atomic E-state index is 15.2. The number of pyridine rings is 1. The fraction of sp³-hybridized carbons (Fsp3) is 0.474. The largest absolute Gasteiger partial charge is 0.489 e. The van der Waals surface area contributed by atoms with Crippen molar-refractivity contribution in [2.75, 3.05) is 31.3 Å². The molecule has 1 atom stereocenters. The number of rotatable bonds is 2. The van der Waals surface area contributed by atoms with E-state index in [4.69, 9.17) is 9.47 Å². The first-order chi connectivity index (χ1) is 13.1. The number of carbonyl (C=O) groups is 1. The summed E-state index contributed by atoms with van der Waals surface area (Å²) in [4.78, 5) is 26.2. The Morgan fingerprint density at radius 2 is 2.04 bits per heavy atom. The van der Waals surface area contributed by atoms with Gasteiger partial charge in [0.15, 0.2) is 11.6 Å². The van der Waals surface area contributed by atoms with Gasteiger partial charge in [-0.2, -0.15) is 0 Å². The normalized spacial score (nSPS) is 22.0. The van der Waals surface area contributed by atoms with Crippen LogP contribution in [0.15, 0.2) is 17.1 Å². The lowest BCUT2D eigenvalue weighted by molar-refractivity contribution is 0.0694. The van der Waals surface area contributed by atoms with Crippen LogP contribution < -0.4 is 15.1 Å². The van der Waals surface area contributed by atoms with Crippen LogP contribution in [0.2, 0.25) is 0 Å². The van der Waals surface area contributed by atoms with Gasteiger partial charge in [0, 0.05) is 25.2 Å². The minimum absolute atomic E-state index is 0.0198. The molecule has 1 saturated heterocycles. The summed E-state index contributed by atoms with van der Waals surface area (Å²) in [6.45, 7) is 1.94. The zero-order chi connectivity index (χ0) is 18.7. The molecule has 1 aliphatic carbocycles. The van der Waals surface area contributed by atoms with Gasteiger partial charge in [-0.15, -0.1) is 0 Å². The van der Waals surface area contributed by atoms with Crippen LogP contribution in [0.1, 0.15) is 35.7 Å². The molecule has 8 heteroatoms. The molecule has 2 fully saturated rings. The molecule has 3 aliphatic rings. The molecule has 1 N–H and O–H groups in total. The lowest BCUT2D eigenvalue weighted by Gasteiger charge is -2.36. The highest BCUT2D eigenvalue weighted by atomic mass is 19.1. The Labute approximate surface area is 153 Å². The van der Waals surface area contributed by atoms with Crippen LogP contribution in [-0.4, -0.2) is 48.1 Å². The van der Waals surface area contributed by atoms with E-state index < -0.39 is 17.2 Å². The van der Waals surface area contributed by atoms with E-state index in [9.17, 15) is 14.7 Å². The summed E-state index contributed by atoms with van der Waals surface area (Å²) in [5, 5.41) is 9.46. The van der Waals surface area contributed by atoms with Crippen LogP contribution in [0.25, 0.3) is 10.9 Å². The van der Waals surface area contributed by atoms with Gasteiger partial charge in [-0.1, -0.05) is 0 Å². The second kappa shape index (κ2) is 5.95. The topological polar surface area (TPSA) is 81.0 Å². The van der Waals surface area contributed by atoms with Gasteiger partial charge >= 0.3 is 5.97 Å². The number of nitrogens with zero attached hydrogens (tertiary/aromatic N) is 2. The first kappa shape index (κ1) is 16.6. The van der Waals surface area contributed by atoms with Crippen LogP contribution in [-0.2, 0) is 4.74 Å². The number of hydrogen-bond acceptors (Lipinski definition) is 5. The number of carboxylic acid groups (broad SMARTS) is 1. The molecule has 0 radical (unpaired) electrons. The second-order valence-corrected chi connectivity index (χ2v) is 7.31. The second-order valence-electron chi connectivity index (χ2n) is 7.31. The van der Waals surface area contributed by atoms with Crippen molar-refractivity contribution in [1.29, 1.82) is 0 Å². The maximum atomic E-state index is 15.2. The molecular formula is C19H19FN2O5. The average Bonchev–Trinajstić information content (AvgIpc) is 3.48. The Balaban J connectivity index is 1.85. The van der Waals surface area contributed by atoms with Gasteiger partial charge in [-0.05, 0) is 18.9 Å². The number of halogens is 1. The van der Waals surface area contributed by atoms with E-state index in [2.05, 4.69) is 0 Å². The SMILES string of the molecule is O=C(O)c1cn(C2CC2)c2c3c(c(F)cc2c1=O)N1CCOCC1CCO3. The van der Waals surface area contributed by atoms with E-state index in [0.717, 1.165) is 12.8 Å². The average molecular weight is 374 g/mol. The van der Waals surface area contributed by atoms with Crippen LogP contribution >= 0.6 is 0 Å². The molecule has 142 valence electrons. The Hall–Kier alpha value is -2.61. The van der Waals surface area contributed by atoms with Crippen molar-refractivity contribution >= 4 is 22.6 Å². The van der Waals surface area contributed by atoms with E-state index in [1.54, 1.807) is 4.57 Å². The molecule has 1 unspecified atom stereocenters. The number of hydrogen-bond donors (Lipinski definition) is 1. The molecule has 1 aromatic heterocycles. The fourth-order valence-corrected chi connectivity index (χ4v) is 4.13. The van der Waals surface area contributed by atoms with Crippen LogP contribution in [0, 0.1) is 5.82 Å². The summed E-state index contributed by atoms with van der Waals surface area (Å²) in [5.74, 6) is -1.52. The van der Waals surface area contributed by atoms with Crippen molar-refractivity contribution in [3.8, 4) is 5.75 Å². The summed E-state index contributed by atoms with van der Waals surface area (Å²) in [6.07, 6.45) is 3.86. The summed E-state index contributed by atoms with van der Waals surface area (Å²) in [6, 6.07) is 1.29. The Morgan fingerprint density at radius 1 is 1.22 bits per heavy atom. The fourth-order valence-electron chi connectivity index (χ4n) is 4.13. The molecule has 0 amide bonds. The van der Waals surface area contributed by atoms with Crippen molar-refractivity contribution in [1.82, 2.24) is 4.57 Å². The van der Waals surface area contributed by atoms with Gasteiger partial charge in [-0.3, -0.25) is 4.79 Å². The van der Waals surface area contributed by atoms with Crippen molar-refractivity contribution in [3.63, 3.8) is 0 Å². The third-order valence-electron chi connectivity index (χ3n) is 5.58. The number of morpholine rings is 1. The van der Waals surface area contributed by atoms with E-state index in [1.165, 1.54) is 12.3 Å². The van der Waals surface area contributed by atoms with Crippen LogP contribution in [0.4, 0.5) is 10.1 Å². The van der Waals surface area contributed by atoms with E-state index in [0.29, 0.717) is 49.7 Å². The highest BCUT2D eigenvalue weighted by Crippen LogP contribution is 2.45. The minimum Gasteiger partial charge on any atom is -0.489 e. The lowest BCUT2D eigenvalue weighted by atomic mass is 10.1.